The van der Waals surface area contributed by atoms with Crippen LogP contribution >= 0.6 is 0 Å². The van der Waals surface area contributed by atoms with Crippen molar-refractivity contribution in [2.24, 2.45) is 5.73 Å². The maximum Gasteiger partial charge on any atom is 0.218 e. The topological polar surface area (TPSA) is 63.4 Å². The summed E-state index contributed by atoms with van der Waals surface area (Å²) in [5, 5.41) is -0.454. The van der Waals surface area contributed by atoms with Crippen LogP contribution in [0.4, 0.5) is 0 Å². The third kappa shape index (κ3) is 2.71. The highest BCUT2D eigenvalue weighted by molar-refractivity contribution is 7.89. The Morgan fingerprint density at radius 2 is 2.13 bits per heavy atom. The van der Waals surface area contributed by atoms with Crippen LogP contribution in [-0.2, 0) is 10.0 Å². The van der Waals surface area contributed by atoms with Crippen molar-refractivity contribution in [2.45, 2.75) is 50.8 Å². The average molecular weight is 234 g/mol. The highest BCUT2D eigenvalue weighted by Gasteiger charge is 2.34. The Balaban J connectivity index is 2.83. The van der Waals surface area contributed by atoms with Crippen molar-refractivity contribution in [3.63, 3.8) is 0 Å². The normalized spacial score (nSPS) is 26.5. The second-order valence-electron chi connectivity index (χ2n) is 4.26. The van der Waals surface area contributed by atoms with Gasteiger partial charge in [-0.3, -0.25) is 0 Å². The van der Waals surface area contributed by atoms with Crippen LogP contribution < -0.4 is 5.73 Å². The summed E-state index contributed by atoms with van der Waals surface area (Å²) >= 11 is 0. The largest absolute Gasteiger partial charge is 0.329 e. The lowest BCUT2D eigenvalue weighted by molar-refractivity contribution is 0.244. The first-order chi connectivity index (χ1) is 7.04. The summed E-state index contributed by atoms with van der Waals surface area (Å²) in [5.74, 6) is 0. The minimum atomic E-state index is -3.17. The molecule has 5 heteroatoms. The van der Waals surface area contributed by atoms with Gasteiger partial charge < -0.3 is 5.73 Å². The Morgan fingerprint density at radius 1 is 1.47 bits per heavy atom. The van der Waals surface area contributed by atoms with E-state index in [0.29, 0.717) is 6.54 Å². The van der Waals surface area contributed by atoms with Crippen LogP contribution in [0.2, 0.25) is 0 Å². The molecule has 0 saturated carbocycles. The molecule has 2 unspecified atom stereocenters. The lowest BCUT2D eigenvalue weighted by Crippen LogP contribution is -2.48. The number of nitrogens with two attached hydrogens (primary N) is 1. The van der Waals surface area contributed by atoms with Crippen LogP contribution in [0.3, 0.4) is 0 Å². The highest BCUT2D eigenvalue weighted by Crippen LogP contribution is 2.24. The van der Waals surface area contributed by atoms with Gasteiger partial charge in [0, 0.05) is 19.1 Å². The van der Waals surface area contributed by atoms with E-state index in [1.54, 1.807) is 11.2 Å². The van der Waals surface area contributed by atoms with Gasteiger partial charge >= 0.3 is 0 Å². The predicted octanol–water partition coefficient (Wildman–Crippen LogP) is 0.928. The molecule has 2 atom stereocenters. The van der Waals surface area contributed by atoms with E-state index in [2.05, 4.69) is 0 Å². The van der Waals surface area contributed by atoms with Crippen LogP contribution in [0.25, 0.3) is 0 Å². The van der Waals surface area contributed by atoms with E-state index in [9.17, 15) is 8.42 Å². The molecule has 0 bridgehead atoms. The van der Waals surface area contributed by atoms with Gasteiger partial charge in [0.05, 0.1) is 5.25 Å². The first-order valence-corrected chi connectivity index (χ1v) is 7.25. The molecule has 0 aromatic carbocycles. The van der Waals surface area contributed by atoms with E-state index in [1.165, 1.54) is 0 Å². The van der Waals surface area contributed by atoms with E-state index in [1.807, 2.05) is 6.92 Å². The van der Waals surface area contributed by atoms with E-state index >= 15 is 0 Å². The van der Waals surface area contributed by atoms with Gasteiger partial charge in [0.2, 0.25) is 10.0 Å². The van der Waals surface area contributed by atoms with Gasteiger partial charge in [-0.15, -0.1) is 0 Å². The maximum atomic E-state index is 12.1. The minimum Gasteiger partial charge on any atom is -0.329 e. The third-order valence-electron chi connectivity index (χ3n) is 3.21. The van der Waals surface area contributed by atoms with Crippen molar-refractivity contribution >= 4 is 10.0 Å². The Kier molecular flexibility index (Phi) is 4.55. The minimum absolute atomic E-state index is 0.192. The Labute approximate surface area is 92.9 Å². The standard InChI is InChI=1S/C10H22N2O2S/c1-3-10-6-4-5-7-12(10)15(13,14)9(2)8-11/h9-10H,3-8,11H2,1-2H3. The molecule has 1 fully saturated rings. The molecule has 4 nitrogen and oxygen atoms in total. The Bertz CT molecular complexity index is 290. The fourth-order valence-electron chi connectivity index (χ4n) is 2.07. The van der Waals surface area contributed by atoms with Gasteiger partial charge in [0.1, 0.15) is 0 Å². The first kappa shape index (κ1) is 12.9. The third-order valence-corrected chi connectivity index (χ3v) is 5.56. The quantitative estimate of drug-likeness (QED) is 0.787. The lowest BCUT2D eigenvalue weighted by atomic mass is 10.0. The van der Waals surface area contributed by atoms with Gasteiger partial charge in [0.25, 0.3) is 0 Å². The van der Waals surface area contributed by atoms with Gasteiger partial charge in [0.15, 0.2) is 0 Å². The Morgan fingerprint density at radius 3 is 2.67 bits per heavy atom. The second-order valence-corrected chi connectivity index (χ2v) is 6.56. The smallest absolute Gasteiger partial charge is 0.218 e. The number of piperidine rings is 1. The fraction of sp³-hybridized carbons (Fsp3) is 1.00. The molecule has 1 aliphatic rings. The summed E-state index contributed by atoms with van der Waals surface area (Å²) in [6, 6.07) is 0.192. The number of nitrogens with zero attached hydrogens (tertiary/aromatic N) is 1. The molecule has 15 heavy (non-hydrogen) atoms. The van der Waals surface area contributed by atoms with Crippen molar-refractivity contribution in [3.8, 4) is 0 Å². The molecule has 1 heterocycles. The molecule has 90 valence electrons. The van der Waals surface area contributed by atoms with E-state index in [0.717, 1.165) is 25.7 Å². The van der Waals surface area contributed by atoms with Crippen molar-refractivity contribution in [1.82, 2.24) is 4.31 Å². The molecule has 1 rings (SSSR count). The molecule has 0 spiro atoms. The number of sulfonamides is 1. The van der Waals surface area contributed by atoms with Crippen LogP contribution in [0.15, 0.2) is 0 Å². The number of hydrogen-bond acceptors (Lipinski definition) is 3. The Hall–Kier alpha value is -0.130. The van der Waals surface area contributed by atoms with Crippen molar-refractivity contribution < 1.29 is 8.42 Å². The zero-order valence-corrected chi connectivity index (χ0v) is 10.5. The summed E-state index contributed by atoms with van der Waals surface area (Å²) in [6.07, 6.45) is 4.01. The molecule has 0 aromatic heterocycles. The molecular weight excluding hydrogens is 212 g/mol. The SMILES string of the molecule is CCC1CCCCN1S(=O)(=O)C(C)CN. The molecule has 2 N–H and O–H groups in total. The summed E-state index contributed by atoms with van der Waals surface area (Å²) in [6.45, 7) is 4.61. The number of rotatable bonds is 4. The fourth-order valence-corrected chi connectivity index (χ4v) is 3.83. The molecule has 1 aliphatic heterocycles. The lowest BCUT2D eigenvalue weighted by Gasteiger charge is -2.35. The molecule has 1 saturated heterocycles. The highest BCUT2D eigenvalue weighted by atomic mass is 32.2. The average Bonchev–Trinajstić information content (AvgIpc) is 2.27. The van der Waals surface area contributed by atoms with Crippen LogP contribution in [-0.4, -0.2) is 37.1 Å². The van der Waals surface area contributed by atoms with Crippen LogP contribution in [0, 0.1) is 0 Å². The zero-order chi connectivity index (χ0) is 11.5. The summed E-state index contributed by atoms with van der Waals surface area (Å²) in [7, 11) is -3.17. The zero-order valence-electron chi connectivity index (χ0n) is 9.65. The van der Waals surface area contributed by atoms with Gasteiger partial charge in [-0.1, -0.05) is 13.3 Å². The van der Waals surface area contributed by atoms with E-state index < -0.39 is 15.3 Å². The van der Waals surface area contributed by atoms with Crippen molar-refractivity contribution in [3.05, 3.63) is 0 Å². The number of hydrogen-bond donors (Lipinski definition) is 1. The molecule has 0 radical (unpaired) electrons. The van der Waals surface area contributed by atoms with E-state index in [-0.39, 0.29) is 12.6 Å². The monoisotopic (exact) mass is 234 g/mol. The molecule has 0 aliphatic carbocycles. The molecular formula is C10H22N2O2S. The molecule has 0 amide bonds. The summed E-state index contributed by atoms with van der Waals surface area (Å²) in [5.41, 5.74) is 5.45. The van der Waals surface area contributed by atoms with Gasteiger partial charge in [-0.25, -0.2) is 8.42 Å². The summed E-state index contributed by atoms with van der Waals surface area (Å²) in [4.78, 5) is 0. The maximum absolute atomic E-state index is 12.1. The van der Waals surface area contributed by atoms with E-state index in [4.69, 9.17) is 5.73 Å². The first-order valence-electron chi connectivity index (χ1n) is 5.74. The van der Waals surface area contributed by atoms with Gasteiger partial charge in [-0.05, 0) is 26.2 Å². The van der Waals surface area contributed by atoms with Gasteiger partial charge in [-0.2, -0.15) is 4.31 Å². The second kappa shape index (κ2) is 5.27. The van der Waals surface area contributed by atoms with Crippen molar-refractivity contribution in [2.75, 3.05) is 13.1 Å². The van der Waals surface area contributed by atoms with Crippen molar-refractivity contribution in [1.29, 1.82) is 0 Å². The molecule has 0 aromatic rings. The van der Waals surface area contributed by atoms with Crippen LogP contribution in [0.1, 0.15) is 39.5 Å². The summed E-state index contributed by atoms with van der Waals surface area (Å²) < 4.78 is 25.9. The van der Waals surface area contributed by atoms with Crippen LogP contribution in [0.5, 0.6) is 0 Å². The predicted molar refractivity (Wildman–Crippen MR) is 62.1 cm³/mol.